The number of benzene rings is 4. The number of hydrogen-bond acceptors (Lipinski definition) is 5. The van der Waals surface area contributed by atoms with Gasteiger partial charge in [-0.25, -0.2) is 9.79 Å². The van der Waals surface area contributed by atoms with Crippen molar-refractivity contribution in [2.45, 2.75) is 13.2 Å². The maximum absolute atomic E-state index is 12.5. The Bertz CT molecular complexity index is 1430. The Kier molecular flexibility index (Phi) is 7.24. The van der Waals surface area contributed by atoms with Gasteiger partial charge in [0.25, 0.3) is 0 Å². The normalized spacial score (nSPS) is 13.9. The highest BCUT2D eigenvalue weighted by Gasteiger charge is 2.25. The average molecular weight is 540 g/mol. The highest BCUT2D eigenvalue weighted by molar-refractivity contribution is 9.10. The summed E-state index contributed by atoms with van der Waals surface area (Å²) in [6, 6.07) is 32.9. The minimum atomic E-state index is -0.503. The number of aliphatic imine (C=N–C) groups is 1. The summed E-state index contributed by atoms with van der Waals surface area (Å²) in [5.41, 5.74) is 3.77. The first-order valence-corrected chi connectivity index (χ1v) is 12.2. The fourth-order valence-electron chi connectivity index (χ4n) is 3.63. The van der Waals surface area contributed by atoms with E-state index in [0.717, 1.165) is 21.2 Å². The molecule has 0 N–H and O–H groups in total. The first-order valence-electron chi connectivity index (χ1n) is 11.4. The molecule has 0 amide bonds. The largest absolute Gasteiger partial charge is 0.485 e. The van der Waals surface area contributed by atoms with E-state index in [-0.39, 0.29) is 11.6 Å². The van der Waals surface area contributed by atoms with Crippen LogP contribution in [0.4, 0.5) is 0 Å². The molecule has 1 heterocycles. The minimum Gasteiger partial charge on any atom is -0.485 e. The molecule has 0 saturated carbocycles. The van der Waals surface area contributed by atoms with Crippen LogP contribution >= 0.6 is 15.9 Å². The number of halogens is 1. The third-order valence-corrected chi connectivity index (χ3v) is 6.16. The van der Waals surface area contributed by atoms with Crippen LogP contribution < -0.4 is 9.47 Å². The molecule has 178 valence electrons. The molecule has 0 unspecified atom stereocenters. The average Bonchev–Trinajstić information content (AvgIpc) is 3.27. The van der Waals surface area contributed by atoms with Gasteiger partial charge in [0.05, 0.1) is 5.56 Å². The van der Waals surface area contributed by atoms with E-state index in [4.69, 9.17) is 14.2 Å². The summed E-state index contributed by atoms with van der Waals surface area (Å²) < 4.78 is 18.4. The zero-order valence-electron chi connectivity index (χ0n) is 19.3. The Balaban J connectivity index is 1.41. The van der Waals surface area contributed by atoms with Gasteiger partial charge < -0.3 is 14.2 Å². The number of carbonyl (C=O) groups excluding carboxylic acids is 1. The second-order valence-electron chi connectivity index (χ2n) is 8.07. The molecule has 0 spiro atoms. The molecule has 0 atom stereocenters. The molecule has 0 aliphatic carbocycles. The molecule has 0 saturated heterocycles. The number of hydrogen-bond donors (Lipinski definition) is 0. The standard InChI is InChI=1S/C30H22BrNO4/c31-25-14-8-7-13-24(25)29-32-26(30(33)36-29)17-23-15-16-27(34-19-21-9-3-1-4-10-21)28(18-23)35-20-22-11-5-2-6-12-22/h1-18H,19-20H2. The van der Waals surface area contributed by atoms with Gasteiger partial charge in [-0.2, -0.15) is 0 Å². The van der Waals surface area contributed by atoms with Crippen molar-refractivity contribution in [3.05, 3.63) is 136 Å². The van der Waals surface area contributed by atoms with Crippen molar-refractivity contribution in [1.82, 2.24) is 0 Å². The molecule has 0 radical (unpaired) electrons. The van der Waals surface area contributed by atoms with Crippen LogP contribution in [0.15, 0.2) is 118 Å². The Hall–Kier alpha value is -4.16. The van der Waals surface area contributed by atoms with Crippen molar-refractivity contribution in [2.75, 3.05) is 0 Å². The van der Waals surface area contributed by atoms with Crippen molar-refractivity contribution < 1.29 is 19.0 Å². The van der Waals surface area contributed by atoms with Gasteiger partial charge in [-0.15, -0.1) is 0 Å². The van der Waals surface area contributed by atoms with Gasteiger partial charge in [0.2, 0.25) is 5.90 Å². The molecule has 36 heavy (non-hydrogen) atoms. The van der Waals surface area contributed by atoms with E-state index >= 15 is 0 Å². The number of esters is 1. The van der Waals surface area contributed by atoms with Crippen LogP contribution in [0.5, 0.6) is 11.5 Å². The number of rotatable bonds is 8. The lowest BCUT2D eigenvalue weighted by atomic mass is 10.1. The molecule has 0 bridgehead atoms. The van der Waals surface area contributed by atoms with Crippen LogP contribution in [0.1, 0.15) is 22.3 Å². The summed E-state index contributed by atoms with van der Waals surface area (Å²) in [7, 11) is 0. The van der Waals surface area contributed by atoms with E-state index < -0.39 is 5.97 Å². The minimum absolute atomic E-state index is 0.215. The van der Waals surface area contributed by atoms with Gasteiger partial charge in [0, 0.05) is 4.47 Å². The van der Waals surface area contributed by atoms with E-state index in [0.29, 0.717) is 30.3 Å². The second kappa shape index (κ2) is 11.1. The Morgan fingerprint density at radius 3 is 2.03 bits per heavy atom. The summed E-state index contributed by atoms with van der Waals surface area (Å²) in [5, 5.41) is 0. The quantitative estimate of drug-likeness (QED) is 0.179. The van der Waals surface area contributed by atoms with Gasteiger partial charge in [0.15, 0.2) is 17.2 Å². The lowest BCUT2D eigenvalue weighted by Gasteiger charge is -2.14. The summed E-state index contributed by atoms with van der Waals surface area (Å²) in [5.74, 6) is 0.952. The molecular formula is C30H22BrNO4. The summed E-state index contributed by atoms with van der Waals surface area (Å²) in [6.07, 6.45) is 1.68. The monoisotopic (exact) mass is 539 g/mol. The van der Waals surface area contributed by atoms with Crippen LogP contribution in [0.2, 0.25) is 0 Å². The Morgan fingerprint density at radius 2 is 1.36 bits per heavy atom. The van der Waals surface area contributed by atoms with Gasteiger partial charge in [-0.3, -0.25) is 0 Å². The number of ether oxygens (including phenoxy) is 3. The first-order chi connectivity index (χ1) is 17.7. The van der Waals surface area contributed by atoms with Crippen molar-refractivity contribution in [1.29, 1.82) is 0 Å². The summed E-state index contributed by atoms with van der Waals surface area (Å²) >= 11 is 3.48. The van der Waals surface area contributed by atoms with Gasteiger partial charge in [-0.05, 0) is 63.0 Å². The number of carbonyl (C=O) groups is 1. The molecular weight excluding hydrogens is 518 g/mol. The zero-order chi connectivity index (χ0) is 24.7. The van der Waals surface area contributed by atoms with E-state index in [1.54, 1.807) is 6.08 Å². The van der Waals surface area contributed by atoms with Crippen LogP contribution in [0, 0.1) is 0 Å². The molecule has 6 heteroatoms. The smallest absolute Gasteiger partial charge is 0.363 e. The number of cyclic esters (lactones) is 1. The number of nitrogens with zero attached hydrogens (tertiary/aromatic N) is 1. The van der Waals surface area contributed by atoms with E-state index in [9.17, 15) is 4.79 Å². The molecule has 0 aromatic heterocycles. The molecule has 4 aromatic carbocycles. The lowest BCUT2D eigenvalue weighted by molar-refractivity contribution is -0.129. The Morgan fingerprint density at radius 1 is 0.750 bits per heavy atom. The summed E-state index contributed by atoms with van der Waals surface area (Å²) in [4.78, 5) is 16.9. The van der Waals surface area contributed by atoms with Gasteiger partial charge in [-0.1, -0.05) is 78.9 Å². The van der Waals surface area contributed by atoms with Crippen molar-refractivity contribution in [2.24, 2.45) is 4.99 Å². The van der Waals surface area contributed by atoms with Crippen LogP contribution in [0.25, 0.3) is 6.08 Å². The third-order valence-electron chi connectivity index (χ3n) is 5.47. The fourth-order valence-corrected chi connectivity index (χ4v) is 4.09. The molecule has 5 rings (SSSR count). The second-order valence-corrected chi connectivity index (χ2v) is 8.92. The van der Waals surface area contributed by atoms with E-state index in [1.807, 2.05) is 103 Å². The molecule has 1 aliphatic rings. The highest BCUT2D eigenvalue weighted by Crippen LogP contribution is 2.32. The van der Waals surface area contributed by atoms with Crippen LogP contribution in [-0.4, -0.2) is 11.9 Å². The van der Waals surface area contributed by atoms with Crippen LogP contribution in [-0.2, 0) is 22.7 Å². The van der Waals surface area contributed by atoms with Crippen molar-refractivity contribution in [3.8, 4) is 11.5 Å². The van der Waals surface area contributed by atoms with Gasteiger partial charge >= 0.3 is 5.97 Å². The molecule has 5 nitrogen and oxygen atoms in total. The maximum atomic E-state index is 12.5. The zero-order valence-corrected chi connectivity index (χ0v) is 20.9. The molecule has 0 fully saturated rings. The summed E-state index contributed by atoms with van der Waals surface area (Å²) in [6.45, 7) is 0.795. The van der Waals surface area contributed by atoms with Crippen LogP contribution in [0.3, 0.4) is 0 Å². The Labute approximate surface area is 217 Å². The maximum Gasteiger partial charge on any atom is 0.363 e. The van der Waals surface area contributed by atoms with Crippen molar-refractivity contribution >= 4 is 33.9 Å². The van der Waals surface area contributed by atoms with Gasteiger partial charge in [0.1, 0.15) is 13.2 Å². The first kappa shape index (κ1) is 23.6. The third kappa shape index (κ3) is 5.73. The lowest BCUT2D eigenvalue weighted by Crippen LogP contribution is -2.05. The molecule has 1 aliphatic heterocycles. The fraction of sp³-hybridized carbons (Fsp3) is 0.0667. The highest BCUT2D eigenvalue weighted by atomic mass is 79.9. The predicted molar refractivity (Wildman–Crippen MR) is 143 cm³/mol. The van der Waals surface area contributed by atoms with E-state index in [1.165, 1.54) is 0 Å². The van der Waals surface area contributed by atoms with Crippen molar-refractivity contribution in [3.63, 3.8) is 0 Å². The topological polar surface area (TPSA) is 57.1 Å². The SMILES string of the molecule is O=C1OC(c2ccccc2Br)=NC1=Cc1ccc(OCc2ccccc2)c(OCc2ccccc2)c1. The molecule has 4 aromatic rings. The van der Waals surface area contributed by atoms with E-state index in [2.05, 4.69) is 20.9 Å². The predicted octanol–water partition coefficient (Wildman–Crippen LogP) is 6.95.